The highest BCUT2D eigenvalue weighted by atomic mass is 19.1. The van der Waals surface area contributed by atoms with Crippen LogP contribution in [0.4, 0.5) is 4.39 Å². The zero-order valence-electron chi connectivity index (χ0n) is 20.1. The number of nitrogens with one attached hydrogen (secondary N) is 1. The molecule has 0 radical (unpaired) electrons. The van der Waals surface area contributed by atoms with Crippen LogP contribution in [-0.4, -0.2) is 17.0 Å². The molecule has 0 fully saturated rings. The first-order valence-electron chi connectivity index (χ1n) is 12.0. The minimum Gasteiger partial charge on any atom is -0.351 e. The molecule has 3 nitrogen and oxygen atoms in total. The molecule has 1 aromatic carbocycles. The van der Waals surface area contributed by atoms with Gasteiger partial charge in [-0.15, -0.1) is 0 Å². The maximum absolute atomic E-state index is 13.9. The summed E-state index contributed by atoms with van der Waals surface area (Å²) in [7, 11) is 0. The Balaban J connectivity index is 1.76. The molecule has 1 aliphatic carbocycles. The summed E-state index contributed by atoms with van der Waals surface area (Å²) < 4.78 is 13.9. The number of amidine groups is 1. The van der Waals surface area contributed by atoms with E-state index >= 15 is 0 Å². The minimum atomic E-state index is -0.898. The summed E-state index contributed by atoms with van der Waals surface area (Å²) in [4.78, 5) is 10.00. The predicted octanol–water partition coefficient (Wildman–Crippen LogP) is 6.95. The monoisotopic (exact) mass is 443 g/mol. The normalized spacial score (nSPS) is 21.4. The van der Waals surface area contributed by atoms with E-state index in [1.807, 2.05) is 30.5 Å². The van der Waals surface area contributed by atoms with E-state index in [4.69, 9.17) is 9.98 Å². The highest BCUT2D eigenvalue weighted by molar-refractivity contribution is 5.87. The Morgan fingerprint density at radius 1 is 1.18 bits per heavy atom. The Hall–Kier alpha value is -3.01. The molecule has 2 heterocycles. The lowest BCUT2D eigenvalue weighted by atomic mass is 9.80. The highest BCUT2D eigenvalue weighted by Gasteiger charge is 2.27. The maximum Gasteiger partial charge on any atom is 0.122 e. The second-order valence-electron chi connectivity index (χ2n) is 9.20. The van der Waals surface area contributed by atoms with Gasteiger partial charge in [0.15, 0.2) is 0 Å². The number of benzene rings is 1. The molecule has 1 aliphatic heterocycles. The van der Waals surface area contributed by atoms with Crippen LogP contribution in [0.3, 0.4) is 0 Å². The van der Waals surface area contributed by atoms with E-state index in [-0.39, 0.29) is 5.92 Å². The van der Waals surface area contributed by atoms with E-state index in [0.717, 1.165) is 35.6 Å². The smallest absolute Gasteiger partial charge is 0.122 e. The molecule has 172 valence electrons. The van der Waals surface area contributed by atoms with Gasteiger partial charge in [0.1, 0.15) is 12.0 Å². The molecule has 2 unspecified atom stereocenters. The second kappa shape index (κ2) is 10.3. The number of alkyl halides is 1. The van der Waals surface area contributed by atoms with Gasteiger partial charge < -0.3 is 5.32 Å². The van der Waals surface area contributed by atoms with Gasteiger partial charge in [-0.2, -0.15) is 0 Å². The van der Waals surface area contributed by atoms with Gasteiger partial charge in [0.05, 0.1) is 6.54 Å². The third-order valence-corrected chi connectivity index (χ3v) is 6.47. The summed E-state index contributed by atoms with van der Waals surface area (Å²) in [5, 5.41) is 3.35. The van der Waals surface area contributed by atoms with E-state index in [0.29, 0.717) is 18.9 Å². The largest absolute Gasteiger partial charge is 0.351 e. The number of aromatic nitrogens is 1. The number of hydrogen-bond donors (Lipinski definition) is 1. The number of pyridine rings is 1. The van der Waals surface area contributed by atoms with E-state index < -0.39 is 6.17 Å². The molecule has 2 aliphatic rings. The van der Waals surface area contributed by atoms with Gasteiger partial charge in [-0.05, 0) is 59.4 Å². The molecular formula is C29H34FN3. The lowest BCUT2D eigenvalue weighted by molar-refractivity contribution is 0.402. The molecule has 0 bridgehead atoms. The Morgan fingerprint density at radius 2 is 1.97 bits per heavy atom. The number of aliphatic imine (C=N–C) groups is 1. The van der Waals surface area contributed by atoms with Crippen molar-refractivity contribution < 1.29 is 4.39 Å². The number of hydrogen-bond acceptors (Lipinski definition) is 2. The van der Waals surface area contributed by atoms with Gasteiger partial charge in [-0.3, -0.25) is 9.98 Å². The van der Waals surface area contributed by atoms with Crippen LogP contribution in [0.1, 0.15) is 79.1 Å². The van der Waals surface area contributed by atoms with Crippen LogP contribution >= 0.6 is 0 Å². The first-order valence-corrected chi connectivity index (χ1v) is 12.0. The quantitative estimate of drug-likeness (QED) is 0.525. The van der Waals surface area contributed by atoms with Crippen LogP contribution in [-0.2, 0) is 13.0 Å². The van der Waals surface area contributed by atoms with Crippen LogP contribution in [0.15, 0.2) is 65.8 Å². The topological polar surface area (TPSA) is 37.3 Å². The van der Waals surface area contributed by atoms with Crippen LogP contribution in [0.25, 0.3) is 5.57 Å². The van der Waals surface area contributed by atoms with Crippen molar-refractivity contribution in [2.75, 3.05) is 0 Å². The second-order valence-corrected chi connectivity index (χ2v) is 9.20. The van der Waals surface area contributed by atoms with Crippen molar-refractivity contribution >= 4 is 11.4 Å². The number of aryl methyl sites for hydroxylation is 1. The molecular weight excluding hydrogens is 409 g/mol. The first-order chi connectivity index (χ1) is 16.0. The molecule has 2 aromatic rings. The van der Waals surface area contributed by atoms with Crippen molar-refractivity contribution in [3.63, 3.8) is 0 Å². The first kappa shape index (κ1) is 23.2. The van der Waals surface area contributed by atoms with E-state index in [2.05, 4.69) is 57.3 Å². The molecule has 33 heavy (non-hydrogen) atoms. The van der Waals surface area contributed by atoms with E-state index in [9.17, 15) is 4.39 Å². The summed E-state index contributed by atoms with van der Waals surface area (Å²) in [6.07, 6.45) is 11.1. The number of halogens is 1. The van der Waals surface area contributed by atoms with Crippen molar-refractivity contribution in [3.8, 4) is 0 Å². The maximum atomic E-state index is 13.9. The van der Waals surface area contributed by atoms with Crippen LogP contribution in [0, 0.1) is 6.92 Å². The fourth-order valence-electron chi connectivity index (χ4n) is 4.82. The fraction of sp³-hybridized carbons (Fsp3) is 0.379. The molecule has 1 N–H and O–H groups in total. The average Bonchev–Trinajstić information content (AvgIpc) is 2.83. The zero-order chi connectivity index (χ0) is 23.4. The number of rotatable bonds is 6. The predicted molar refractivity (Wildman–Crippen MR) is 136 cm³/mol. The SMILES string of the molecule is CCc1nc(C(C)C)c(C)c(C2=CCC(F)C=C2)c1C1C=CNC(=NCc2ccccc2)C1. The third kappa shape index (κ3) is 5.16. The highest BCUT2D eigenvalue weighted by Crippen LogP contribution is 2.39. The average molecular weight is 444 g/mol. The van der Waals surface area contributed by atoms with Gasteiger partial charge in [-0.1, -0.05) is 69.3 Å². The van der Waals surface area contributed by atoms with Crippen LogP contribution in [0.2, 0.25) is 0 Å². The number of nitrogens with zero attached hydrogens (tertiary/aromatic N) is 2. The van der Waals surface area contributed by atoms with Gasteiger partial charge in [0, 0.05) is 30.1 Å². The van der Waals surface area contributed by atoms with E-state index in [1.54, 1.807) is 6.08 Å². The third-order valence-electron chi connectivity index (χ3n) is 6.47. The Morgan fingerprint density at radius 3 is 2.64 bits per heavy atom. The van der Waals surface area contributed by atoms with Crippen molar-refractivity contribution in [3.05, 3.63) is 94.5 Å². The van der Waals surface area contributed by atoms with Crippen molar-refractivity contribution in [1.82, 2.24) is 10.3 Å². The number of allylic oxidation sites excluding steroid dienone is 5. The Bertz CT molecular complexity index is 1110. The summed E-state index contributed by atoms with van der Waals surface area (Å²) in [5.41, 5.74) is 8.29. The molecule has 1 aromatic heterocycles. The zero-order valence-corrected chi connectivity index (χ0v) is 20.1. The molecule has 0 spiro atoms. The van der Waals surface area contributed by atoms with Crippen LogP contribution in [0.5, 0.6) is 0 Å². The van der Waals surface area contributed by atoms with Gasteiger partial charge in [-0.25, -0.2) is 4.39 Å². The molecule has 2 atom stereocenters. The van der Waals surface area contributed by atoms with Crippen LogP contribution < -0.4 is 5.32 Å². The van der Waals surface area contributed by atoms with Gasteiger partial charge >= 0.3 is 0 Å². The van der Waals surface area contributed by atoms with Gasteiger partial charge in [0.25, 0.3) is 0 Å². The molecule has 0 saturated heterocycles. The van der Waals surface area contributed by atoms with Crippen molar-refractivity contribution in [2.24, 2.45) is 4.99 Å². The summed E-state index contributed by atoms with van der Waals surface area (Å²) in [6, 6.07) is 10.3. The van der Waals surface area contributed by atoms with E-state index in [1.165, 1.54) is 22.3 Å². The van der Waals surface area contributed by atoms with Gasteiger partial charge in [0.2, 0.25) is 0 Å². The lowest BCUT2D eigenvalue weighted by Crippen LogP contribution is -2.26. The summed E-state index contributed by atoms with van der Waals surface area (Å²) >= 11 is 0. The van der Waals surface area contributed by atoms with Crippen molar-refractivity contribution in [1.29, 1.82) is 0 Å². The molecule has 0 saturated carbocycles. The lowest BCUT2D eigenvalue weighted by Gasteiger charge is -2.28. The molecule has 0 amide bonds. The molecule has 4 heteroatoms. The standard InChI is InChI=1S/C29H34FN3/c1-5-25-28(23-15-16-31-26(17-23)32-18-21-9-7-6-8-10-21)27(20(4)29(33-25)19(2)3)22-11-13-24(30)14-12-22/h6-13,15-16,19,23-24H,5,14,17-18H2,1-4H3,(H,31,32). The fourth-order valence-corrected chi connectivity index (χ4v) is 4.82. The Kier molecular flexibility index (Phi) is 7.22. The Labute approximate surface area is 197 Å². The summed E-state index contributed by atoms with van der Waals surface area (Å²) in [6.45, 7) is 9.39. The summed E-state index contributed by atoms with van der Waals surface area (Å²) in [5.74, 6) is 1.49. The molecule has 4 rings (SSSR count). The minimum absolute atomic E-state index is 0.176. The van der Waals surface area contributed by atoms with Crippen molar-refractivity contribution in [2.45, 2.75) is 71.5 Å².